The maximum atomic E-state index is 12.8. The molecule has 2 aliphatic heterocycles. The molecule has 7 nitrogen and oxygen atoms in total. The molecule has 0 bridgehead atoms. The fraction of sp³-hybridized carbons (Fsp3) is 0.476. The summed E-state index contributed by atoms with van der Waals surface area (Å²) >= 11 is 0. The molecule has 0 atom stereocenters. The molecular formula is C21H26N4O3. The van der Waals surface area contributed by atoms with E-state index in [1.54, 1.807) is 7.11 Å². The average Bonchev–Trinajstić information content (AvgIpc) is 3.18. The minimum atomic E-state index is -0.0239. The molecule has 2 amide bonds. The highest BCUT2D eigenvalue weighted by atomic mass is 16.5. The number of nitrogens with zero attached hydrogens (tertiary/aromatic N) is 4. The standard InChI is InChI=1S/C21H26N4O3/c1-28-18-7-5-16(6-8-18)14-20(26)23-10-12-24(13-11-23)21(27)19-15-17-4-2-3-9-25(17)22-19/h5-8,15H,2-4,9-14H2,1H3. The number of aromatic nitrogens is 2. The second-order valence-corrected chi connectivity index (χ2v) is 7.40. The summed E-state index contributed by atoms with van der Waals surface area (Å²) in [5.74, 6) is 0.850. The predicted octanol–water partition coefficient (Wildman–Crippen LogP) is 1.76. The van der Waals surface area contributed by atoms with Crippen LogP contribution in [0.3, 0.4) is 0 Å². The van der Waals surface area contributed by atoms with Crippen molar-refractivity contribution in [3.63, 3.8) is 0 Å². The van der Waals surface area contributed by atoms with E-state index in [0.29, 0.717) is 38.3 Å². The number of aryl methyl sites for hydroxylation is 2. The highest BCUT2D eigenvalue weighted by molar-refractivity contribution is 5.92. The number of amides is 2. The van der Waals surface area contributed by atoms with Crippen molar-refractivity contribution in [3.05, 3.63) is 47.3 Å². The van der Waals surface area contributed by atoms with Crippen molar-refractivity contribution in [2.75, 3.05) is 33.3 Å². The Morgan fingerprint density at radius 2 is 1.71 bits per heavy atom. The number of fused-ring (bicyclic) bond motifs is 1. The zero-order valence-corrected chi connectivity index (χ0v) is 16.3. The molecular weight excluding hydrogens is 356 g/mol. The van der Waals surface area contributed by atoms with Crippen LogP contribution in [0, 0.1) is 0 Å². The van der Waals surface area contributed by atoms with Crippen molar-refractivity contribution in [2.45, 2.75) is 32.2 Å². The van der Waals surface area contributed by atoms with Crippen molar-refractivity contribution in [1.82, 2.24) is 19.6 Å². The van der Waals surface area contributed by atoms with Gasteiger partial charge in [0.2, 0.25) is 5.91 Å². The van der Waals surface area contributed by atoms with Crippen LogP contribution in [-0.4, -0.2) is 64.7 Å². The van der Waals surface area contributed by atoms with Gasteiger partial charge in [0, 0.05) is 38.4 Å². The van der Waals surface area contributed by atoms with Crippen molar-refractivity contribution in [1.29, 1.82) is 0 Å². The van der Waals surface area contributed by atoms with E-state index in [1.165, 1.54) is 0 Å². The number of carbonyl (C=O) groups excluding carboxylic acids is 2. The molecule has 3 heterocycles. The van der Waals surface area contributed by atoms with E-state index in [9.17, 15) is 9.59 Å². The molecule has 7 heteroatoms. The fourth-order valence-electron chi connectivity index (χ4n) is 3.87. The third kappa shape index (κ3) is 3.88. The molecule has 0 unspecified atom stereocenters. The molecule has 2 aromatic rings. The second-order valence-electron chi connectivity index (χ2n) is 7.40. The van der Waals surface area contributed by atoms with Gasteiger partial charge in [0.15, 0.2) is 5.69 Å². The minimum Gasteiger partial charge on any atom is -0.497 e. The fourth-order valence-corrected chi connectivity index (χ4v) is 3.87. The van der Waals surface area contributed by atoms with E-state index in [-0.39, 0.29) is 11.8 Å². The quantitative estimate of drug-likeness (QED) is 0.808. The lowest BCUT2D eigenvalue weighted by Crippen LogP contribution is -2.51. The van der Waals surface area contributed by atoms with E-state index in [4.69, 9.17) is 4.74 Å². The SMILES string of the molecule is COc1ccc(CC(=O)N2CCN(C(=O)c3cc4n(n3)CCCC4)CC2)cc1. The zero-order valence-electron chi connectivity index (χ0n) is 16.3. The maximum absolute atomic E-state index is 12.8. The van der Waals surface area contributed by atoms with Gasteiger partial charge in [-0.1, -0.05) is 12.1 Å². The van der Waals surface area contributed by atoms with E-state index in [0.717, 1.165) is 42.8 Å². The Bertz CT molecular complexity index is 828. The van der Waals surface area contributed by atoms with E-state index in [1.807, 2.05) is 44.8 Å². The van der Waals surface area contributed by atoms with Gasteiger partial charge in [0.25, 0.3) is 5.91 Å². The third-order valence-electron chi connectivity index (χ3n) is 5.57. The highest BCUT2D eigenvalue weighted by Crippen LogP contribution is 2.17. The molecule has 28 heavy (non-hydrogen) atoms. The molecule has 148 valence electrons. The smallest absolute Gasteiger partial charge is 0.274 e. The Hall–Kier alpha value is -2.83. The Morgan fingerprint density at radius 3 is 2.39 bits per heavy atom. The molecule has 1 aromatic carbocycles. The van der Waals surface area contributed by atoms with Gasteiger partial charge in [-0.05, 0) is 43.0 Å². The molecule has 1 saturated heterocycles. The van der Waals surface area contributed by atoms with Gasteiger partial charge in [-0.15, -0.1) is 0 Å². The van der Waals surface area contributed by atoms with E-state index < -0.39 is 0 Å². The van der Waals surface area contributed by atoms with Crippen molar-refractivity contribution in [2.24, 2.45) is 0 Å². The Balaban J connectivity index is 1.31. The predicted molar refractivity (Wildman–Crippen MR) is 104 cm³/mol. The number of benzene rings is 1. The molecule has 2 aliphatic rings. The summed E-state index contributed by atoms with van der Waals surface area (Å²) in [4.78, 5) is 29.0. The van der Waals surface area contributed by atoms with Crippen LogP contribution in [0.1, 0.15) is 34.6 Å². The average molecular weight is 382 g/mol. The van der Waals surface area contributed by atoms with Gasteiger partial charge in [-0.25, -0.2) is 0 Å². The lowest BCUT2D eigenvalue weighted by Gasteiger charge is -2.34. The van der Waals surface area contributed by atoms with Gasteiger partial charge < -0.3 is 14.5 Å². The summed E-state index contributed by atoms with van der Waals surface area (Å²) in [7, 11) is 1.62. The summed E-state index contributed by atoms with van der Waals surface area (Å²) in [5.41, 5.74) is 2.66. The van der Waals surface area contributed by atoms with Crippen molar-refractivity contribution >= 4 is 11.8 Å². The first-order valence-corrected chi connectivity index (χ1v) is 9.91. The number of ether oxygens (including phenoxy) is 1. The third-order valence-corrected chi connectivity index (χ3v) is 5.57. The van der Waals surface area contributed by atoms with Crippen LogP contribution in [-0.2, 0) is 24.2 Å². The number of methoxy groups -OCH3 is 1. The van der Waals surface area contributed by atoms with Crippen LogP contribution in [0.25, 0.3) is 0 Å². The topological polar surface area (TPSA) is 67.7 Å². The van der Waals surface area contributed by atoms with Crippen molar-refractivity contribution in [3.8, 4) is 5.75 Å². The lowest BCUT2D eigenvalue weighted by molar-refractivity contribution is -0.131. The Labute approximate surface area is 164 Å². The number of rotatable bonds is 4. The number of hydrogen-bond acceptors (Lipinski definition) is 4. The summed E-state index contributed by atoms with van der Waals surface area (Å²) in [6, 6.07) is 9.49. The number of carbonyl (C=O) groups is 2. The second kappa shape index (κ2) is 8.04. The van der Waals surface area contributed by atoms with Gasteiger partial charge in [-0.2, -0.15) is 5.10 Å². The van der Waals surface area contributed by atoms with Gasteiger partial charge in [0.05, 0.1) is 13.5 Å². The van der Waals surface area contributed by atoms with Crippen LogP contribution < -0.4 is 4.74 Å². The molecule has 1 fully saturated rings. The first-order chi connectivity index (χ1) is 13.6. The van der Waals surface area contributed by atoms with Crippen LogP contribution in [0.5, 0.6) is 5.75 Å². The Kier molecular flexibility index (Phi) is 5.32. The lowest BCUT2D eigenvalue weighted by atomic mass is 10.1. The van der Waals surface area contributed by atoms with Gasteiger partial charge >= 0.3 is 0 Å². The first kappa shape index (κ1) is 18.5. The molecule has 1 aromatic heterocycles. The van der Waals surface area contributed by atoms with Gasteiger partial charge in [0.1, 0.15) is 5.75 Å². The number of piperazine rings is 1. The van der Waals surface area contributed by atoms with E-state index >= 15 is 0 Å². The van der Waals surface area contributed by atoms with Crippen LogP contribution in [0.15, 0.2) is 30.3 Å². The minimum absolute atomic E-state index is 0.0239. The van der Waals surface area contributed by atoms with Crippen LogP contribution in [0.4, 0.5) is 0 Å². The molecule has 4 rings (SSSR count). The largest absolute Gasteiger partial charge is 0.497 e. The summed E-state index contributed by atoms with van der Waals surface area (Å²) in [5, 5.41) is 4.48. The molecule has 0 spiro atoms. The normalized spacial score (nSPS) is 16.6. The molecule has 0 aliphatic carbocycles. The summed E-state index contributed by atoms with van der Waals surface area (Å²) < 4.78 is 7.11. The molecule has 0 saturated carbocycles. The summed E-state index contributed by atoms with van der Waals surface area (Å²) in [6.07, 6.45) is 3.64. The zero-order chi connectivity index (χ0) is 19.5. The Morgan fingerprint density at radius 1 is 1.00 bits per heavy atom. The van der Waals surface area contributed by atoms with E-state index in [2.05, 4.69) is 5.10 Å². The van der Waals surface area contributed by atoms with Gasteiger partial charge in [-0.3, -0.25) is 14.3 Å². The van der Waals surface area contributed by atoms with Crippen LogP contribution in [0.2, 0.25) is 0 Å². The van der Waals surface area contributed by atoms with Crippen LogP contribution >= 0.6 is 0 Å². The number of hydrogen-bond donors (Lipinski definition) is 0. The molecule has 0 radical (unpaired) electrons. The summed E-state index contributed by atoms with van der Waals surface area (Å²) in [6.45, 7) is 3.13. The monoisotopic (exact) mass is 382 g/mol. The van der Waals surface area contributed by atoms with Crippen molar-refractivity contribution < 1.29 is 14.3 Å². The highest BCUT2D eigenvalue weighted by Gasteiger charge is 2.27. The molecule has 0 N–H and O–H groups in total. The maximum Gasteiger partial charge on any atom is 0.274 e. The first-order valence-electron chi connectivity index (χ1n) is 9.91.